The van der Waals surface area contributed by atoms with Gasteiger partial charge in [-0.25, -0.2) is 14.4 Å². The van der Waals surface area contributed by atoms with Crippen molar-refractivity contribution in [3.63, 3.8) is 0 Å². The number of hydrogen-bond acceptors (Lipinski definition) is 3. The number of aryl methyl sites for hydroxylation is 2. The maximum atomic E-state index is 13.4. The summed E-state index contributed by atoms with van der Waals surface area (Å²) in [5.74, 6) is 0.655. The van der Waals surface area contributed by atoms with Gasteiger partial charge in [-0.15, -0.1) is 0 Å². The minimum absolute atomic E-state index is 0.286. The molecule has 2 rings (SSSR count). The molecule has 4 heteroatoms. The molecule has 0 saturated heterocycles. The molecule has 0 aliphatic carbocycles. The van der Waals surface area contributed by atoms with Crippen molar-refractivity contribution in [2.24, 2.45) is 0 Å². The van der Waals surface area contributed by atoms with Crippen molar-refractivity contribution in [2.45, 2.75) is 27.2 Å². The second-order valence-electron chi connectivity index (χ2n) is 4.37. The van der Waals surface area contributed by atoms with Crippen LogP contribution >= 0.6 is 0 Å². The molecule has 0 aliphatic heterocycles. The van der Waals surface area contributed by atoms with Crippen LogP contribution in [0.3, 0.4) is 0 Å². The number of nitrogens with two attached hydrogens (primary N) is 1. The fourth-order valence-electron chi connectivity index (χ4n) is 1.92. The van der Waals surface area contributed by atoms with E-state index in [1.54, 1.807) is 0 Å². The molecule has 3 nitrogen and oxygen atoms in total. The first-order valence-electron chi connectivity index (χ1n) is 5.91. The summed E-state index contributed by atoms with van der Waals surface area (Å²) in [4.78, 5) is 8.68. The van der Waals surface area contributed by atoms with Gasteiger partial charge in [-0.1, -0.05) is 6.92 Å². The number of nitrogen functional groups attached to an aromatic ring is 1. The standard InChI is InChI=1S/C14H16FN3/c1-4-12-9(3)13(16)18-14(17-12)10-5-8(2)6-11(15)7-10/h5-7H,4H2,1-3H3,(H2,16,17,18). The first kappa shape index (κ1) is 12.5. The predicted octanol–water partition coefficient (Wildman–Crippen LogP) is 3.04. The summed E-state index contributed by atoms with van der Waals surface area (Å²) in [5, 5.41) is 0. The number of anilines is 1. The first-order valence-corrected chi connectivity index (χ1v) is 5.91. The van der Waals surface area contributed by atoms with Crippen LogP contribution in [-0.2, 0) is 6.42 Å². The third-order valence-electron chi connectivity index (χ3n) is 2.92. The molecule has 0 spiro atoms. The third kappa shape index (κ3) is 2.32. The van der Waals surface area contributed by atoms with E-state index in [0.717, 1.165) is 23.2 Å². The molecular formula is C14H16FN3. The number of nitrogens with zero attached hydrogens (tertiary/aromatic N) is 2. The molecule has 0 radical (unpaired) electrons. The zero-order valence-electron chi connectivity index (χ0n) is 10.8. The predicted molar refractivity (Wildman–Crippen MR) is 70.7 cm³/mol. The van der Waals surface area contributed by atoms with Crippen molar-refractivity contribution in [1.29, 1.82) is 0 Å². The topological polar surface area (TPSA) is 51.8 Å². The van der Waals surface area contributed by atoms with E-state index in [-0.39, 0.29) is 5.82 Å². The Morgan fingerprint density at radius 2 is 1.89 bits per heavy atom. The lowest BCUT2D eigenvalue weighted by atomic mass is 10.1. The van der Waals surface area contributed by atoms with Gasteiger partial charge in [-0.05, 0) is 44.0 Å². The zero-order chi connectivity index (χ0) is 13.3. The smallest absolute Gasteiger partial charge is 0.161 e. The van der Waals surface area contributed by atoms with Crippen molar-refractivity contribution in [2.75, 3.05) is 5.73 Å². The summed E-state index contributed by atoms with van der Waals surface area (Å²) in [6.07, 6.45) is 0.778. The van der Waals surface area contributed by atoms with Crippen LogP contribution in [0.25, 0.3) is 11.4 Å². The molecular weight excluding hydrogens is 229 g/mol. The molecule has 0 aliphatic rings. The van der Waals surface area contributed by atoms with Gasteiger partial charge in [-0.3, -0.25) is 0 Å². The van der Waals surface area contributed by atoms with Crippen molar-refractivity contribution >= 4 is 5.82 Å². The van der Waals surface area contributed by atoms with E-state index in [2.05, 4.69) is 9.97 Å². The van der Waals surface area contributed by atoms with E-state index in [9.17, 15) is 4.39 Å². The van der Waals surface area contributed by atoms with E-state index in [0.29, 0.717) is 17.2 Å². The molecule has 0 amide bonds. The van der Waals surface area contributed by atoms with Crippen LogP contribution in [0.1, 0.15) is 23.7 Å². The number of halogens is 1. The molecule has 18 heavy (non-hydrogen) atoms. The SMILES string of the molecule is CCc1nc(-c2cc(C)cc(F)c2)nc(N)c1C. The van der Waals surface area contributed by atoms with Gasteiger partial charge < -0.3 is 5.73 Å². The summed E-state index contributed by atoms with van der Waals surface area (Å²) in [6.45, 7) is 5.75. The minimum atomic E-state index is -0.286. The van der Waals surface area contributed by atoms with Crippen LogP contribution in [-0.4, -0.2) is 9.97 Å². The summed E-state index contributed by atoms with van der Waals surface area (Å²) < 4.78 is 13.4. The Morgan fingerprint density at radius 1 is 1.17 bits per heavy atom. The summed E-state index contributed by atoms with van der Waals surface area (Å²) >= 11 is 0. The van der Waals surface area contributed by atoms with Crippen LogP contribution < -0.4 is 5.73 Å². The molecule has 1 aromatic carbocycles. The molecule has 2 aromatic rings. The number of hydrogen-bond donors (Lipinski definition) is 1. The average Bonchev–Trinajstić information content (AvgIpc) is 2.31. The van der Waals surface area contributed by atoms with Crippen LogP contribution in [0.5, 0.6) is 0 Å². The Balaban J connectivity index is 2.60. The normalized spacial score (nSPS) is 10.7. The maximum absolute atomic E-state index is 13.4. The zero-order valence-corrected chi connectivity index (χ0v) is 10.8. The lowest BCUT2D eigenvalue weighted by Gasteiger charge is -2.09. The summed E-state index contributed by atoms with van der Waals surface area (Å²) in [7, 11) is 0. The van der Waals surface area contributed by atoms with Gasteiger partial charge in [0.05, 0.1) is 0 Å². The highest BCUT2D eigenvalue weighted by molar-refractivity contribution is 5.59. The van der Waals surface area contributed by atoms with Crippen LogP contribution in [0.4, 0.5) is 10.2 Å². The molecule has 1 aromatic heterocycles. The highest BCUT2D eigenvalue weighted by Crippen LogP contribution is 2.22. The monoisotopic (exact) mass is 245 g/mol. The summed E-state index contributed by atoms with van der Waals surface area (Å²) in [6, 6.07) is 4.75. The Kier molecular flexibility index (Phi) is 3.28. The van der Waals surface area contributed by atoms with Crippen LogP contribution in [0.2, 0.25) is 0 Å². The Bertz CT molecular complexity index is 574. The Hall–Kier alpha value is -1.97. The van der Waals surface area contributed by atoms with Crippen molar-refractivity contribution in [3.8, 4) is 11.4 Å². The number of benzene rings is 1. The quantitative estimate of drug-likeness (QED) is 0.884. The molecule has 0 atom stereocenters. The summed E-state index contributed by atoms with van der Waals surface area (Å²) in [5.41, 5.74) is 9.17. The van der Waals surface area contributed by atoms with Gasteiger partial charge in [0.2, 0.25) is 0 Å². The molecule has 2 N–H and O–H groups in total. The molecule has 94 valence electrons. The maximum Gasteiger partial charge on any atom is 0.161 e. The van der Waals surface area contributed by atoms with E-state index in [4.69, 9.17) is 5.73 Å². The molecule has 0 fully saturated rings. The van der Waals surface area contributed by atoms with Crippen LogP contribution in [0.15, 0.2) is 18.2 Å². The van der Waals surface area contributed by atoms with Crippen LogP contribution in [0, 0.1) is 19.7 Å². The lowest BCUT2D eigenvalue weighted by molar-refractivity contribution is 0.627. The van der Waals surface area contributed by atoms with Gasteiger partial charge in [0.25, 0.3) is 0 Å². The van der Waals surface area contributed by atoms with Gasteiger partial charge in [0.15, 0.2) is 5.82 Å². The van der Waals surface area contributed by atoms with E-state index in [1.165, 1.54) is 12.1 Å². The fraction of sp³-hybridized carbons (Fsp3) is 0.286. The van der Waals surface area contributed by atoms with Crippen molar-refractivity contribution < 1.29 is 4.39 Å². The highest BCUT2D eigenvalue weighted by Gasteiger charge is 2.10. The Morgan fingerprint density at radius 3 is 2.50 bits per heavy atom. The number of rotatable bonds is 2. The average molecular weight is 245 g/mol. The van der Waals surface area contributed by atoms with Crippen molar-refractivity contribution in [1.82, 2.24) is 9.97 Å². The first-order chi connectivity index (χ1) is 8.51. The molecule has 0 bridgehead atoms. The molecule has 1 heterocycles. The van der Waals surface area contributed by atoms with Crippen molar-refractivity contribution in [3.05, 3.63) is 40.8 Å². The second kappa shape index (κ2) is 4.72. The second-order valence-corrected chi connectivity index (χ2v) is 4.37. The van der Waals surface area contributed by atoms with E-state index in [1.807, 2.05) is 26.8 Å². The van der Waals surface area contributed by atoms with E-state index >= 15 is 0 Å². The third-order valence-corrected chi connectivity index (χ3v) is 2.92. The molecule has 0 unspecified atom stereocenters. The van der Waals surface area contributed by atoms with Gasteiger partial charge >= 0.3 is 0 Å². The Labute approximate surface area is 106 Å². The fourth-order valence-corrected chi connectivity index (χ4v) is 1.92. The van der Waals surface area contributed by atoms with Gasteiger partial charge in [0.1, 0.15) is 11.6 Å². The largest absolute Gasteiger partial charge is 0.383 e. The lowest BCUT2D eigenvalue weighted by Crippen LogP contribution is -2.04. The van der Waals surface area contributed by atoms with Gasteiger partial charge in [-0.2, -0.15) is 0 Å². The number of aromatic nitrogens is 2. The molecule has 0 saturated carbocycles. The van der Waals surface area contributed by atoms with Gasteiger partial charge in [0, 0.05) is 16.8 Å². The van der Waals surface area contributed by atoms with E-state index < -0.39 is 0 Å². The minimum Gasteiger partial charge on any atom is -0.383 e. The highest BCUT2D eigenvalue weighted by atomic mass is 19.1.